The fourth-order valence-electron chi connectivity index (χ4n) is 1.18. The Balaban J connectivity index is 3.00. The van der Waals surface area contributed by atoms with Gasteiger partial charge in [0, 0.05) is 0 Å². The second kappa shape index (κ2) is 5.29. The lowest BCUT2D eigenvalue weighted by Gasteiger charge is -2.15. The topological polar surface area (TPSA) is 87.0 Å². The lowest BCUT2D eigenvalue weighted by atomic mass is 10.0. The summed E-state index contributed by atoms with van der Waals surface area (Å²) in [5.41, 5.74) is 0.273. The monoisotopic (exact) mass is 290 g/mol. The van der Waals surface area contributed by atoms with Gasteiger partial charge in [0.05, 0.1) is 11.6 Å². The molecule has 3 N–H and O–H groups in total. The number of carboxylic acids is 1. The van der Waals surface area contributed by atoms with Gasteiger partial charge in [0.15, 0.2) is 6.10 Å². The number of aliphatic hydroxyl groups is 2. The Kier molecular flexibility index (Phi) is 4.28. The summed E-state index contributed by atoms with van der Waals surface area (Å²) in [5, 5.41) is 27.3. The Hall–Kier alpha value is -1.11. The minimum Gasteiger partial charge on any atom is -0.496 e. The smallest absolute Gasteiger partial charge is 0.335 e. The van der Waals surface area contributed by atoms with Crippen molar-refractivity contribution in [3.8, 4) is 5.75 Å². The molecule has 5 nitrogen and oxygen atoms in total. The highest BCUT2D eigenvalue weighted by Gasteiger charge is 2.25. The molecule has 6 heteroatoms. The van der Waals surface area contributed by atoms with Crippen LogP contribution in [0.4, 0.5) is 0 Å². The van der Waals surface area contributed by atoms with Gasteiger partial charge in [-0.1, -0.05) is 6.07 Å². The summed E-state index contributed by atoms with van der Waals surface area (Å²) < 4.78 is 5.67. The first-order chi connectivity index (χ1) is 7.47. The minimum atomic E-state index is -1.86. The highest BCUT2D eigenvalue weighted by atomic mass is 79.9. The van der Waals surface area contributed by atoms with Gasteiger partial charge < -0.3 is 20.1 Å². The van der Waals surface area contributed by atoms with E-state index in [1.807, 2.05) is 0 Å². The first-order valence-electron chi connectivity index (χ1n) is 4.39. The van der Waals surface area contributed by atoms with Gasteiger partial charge in [0.1, 0.15) is 11.9 Å². The summed E-state index contributed by atoms with van der Waals surface area (Å²) in [6.45, 7) is 0. The molecule has 0 saturated heterocycles. The molecule has 0 aliphatic carbocycles. The van der Waals surface area contributed by atoms with Gasteiger partial charge in [0.25, 0.3) is 0 Å². The molecule has 0 saturated carbocycles. The molecule has 0 aliphatic rings. The third kappa shape index (κ3) is 2.72. The van der Waals surface area contributed by atoms with Crippen molar-refractivity contribution in [2.24, 2.45) is 0 Å². The van der Waals surface area contributed by atoms with Crippen LogP contribution in [-0.2, 0) is 4.79 Å². The van der Waals surface area contributed by atoms with Gasteiger partial charge in [-0.2, -0.15) is 0 Å². The van der Waals surface area contributed by atoms with Crippen molar-refractivity contribution in [1.29, 1.82) is 0 Å². The Labute approximate surface area is 100 Å². The highest BCUT2D eigenvalue weighted by Crippen LogP contribution is 2.29. The molecule has 0 radical (unpaired) electrons. The molecule has 1 rings (SSSR count). The lowest BCUT2D eigenvalue weighted by Crippen LogP contribution is -2.27. The van der Waals surface area contributed by atoms with Gasteiger partial charge in [-0.3, -0.25) is 0 Å². The van der Waals surface area contributed by atoms with E-state index in [1.165, 1.54) is 19.2 Å². The molecule has 0 amide bonds. The zero-order valence-electron chi connectivity index (χ0n) is 8.42. The van der Waals surface area contributed by atoms with E-state index < -0.39 is 18.2 Å². The van der Waals surface area contributed by atoms with Crippen LogP contribution < -0.4 is 4.74 Å². The van der Waals surface area contributed by atoms with Crippen LogP contribution in [0.3, 0.4) is 0 Å². The fraction of sp³-hybridized carbons (Fsp3) is 0.300. The third-order valence-corrected chi connectivity index (χ3v) is 2.72. The van der Waals surface area contributed by atoms with Crippen molar-refractivity contribution in [3.63, 3.8) is 0 Å². The van der Waals surface area contributed by atoms with E-state index >= 15 is 0 Å². The van der Waals surface area contributed by atoms with Crippen molar-refractivity contribution in [2.45, 2.75) is 12.2 Å². The average molecular weight is 291 g/mol. The largest absolute Gasteiger partial charge is 0.496 e. The van der Waals surface area contributed by atoms with Gasteiger partial charge in [0.2, 0.25) is 0 Å². The molecule has 1 aromatic carbocycles. The molecule has 0 aromatic heterocycles. The Morgan fingerprint density at radius 1 is 1.44 bits per heavy atom. The molecule has 0 aliphatic heterocycles. The van der Waals surface area contributed by atoms with Gasteiger partial charge in [-0.25, -0.2) is 4.79 Å². The zero-order valence-corrected chi connectivity index (χ0v) is 10.0. The number of carbonyl (C=O) groups is 1. The molecule has 2 unspecified atom stereocenters. The molecular formula is C10H11BrO5. The van der Waals surface area contributed by atoms with Gasteiger partial charge in [-0.05, 0) is 33.6 Å². The summed E-state index contributed by atoms with van der Waals surface area (Å²) in [4.78, 5) is 10.5. The summed E-state index contributed by atoms with van der Waals surface area (Å²) in [6, 6.07) is 4.57. The predicted octanol–water partition coefficient (Wildman–Crippen LogP) is 0.937. The molecule has 16 heavy (non-hydrogen) atoms. The average Bonchev–Trinajstić information content (AvgIpc) is 2.27. The van der Waals surface area contributed by atoms with Gasteiger partial charge >= 0.3 is 5.97 Å². The number of halogens is 1. The van der Waals surface area contributed by atoms with Crippen LogP contribution >= 0.6 is 15.9 Å². The standard InChI is InChI=1S/C10H11BrO5/c1-16-7-4-5(2-3-6(7)11)8(12)9(13)10(14)15/h2-4,8-9,12-13H,1H3,(H,14,15). The lowest BCUT2D eigenvalue weighted by molar-refractivity contribution is -0.153. The Bertz CT molecular complexity index is 393. The number of methoxy groups -OCH3 is 1. The number of aliphatic hydroxyl groups excluding tert-OH is 2. The number of hydrogen-bond acceptors (Lipinski definition) is 4. The van der Waals surface area contributed by atoms with Crippen molar-refractivity contribution in [1.82, 2.24) is 0 Å². The Morgan fingerprint density at radius 2 is 2.06 bits per heavy atom. The first kappa shape index (κ1) is 13.0. The zero-order chi connectivity index (χ0) is 12.3. The van der Waals surface area contributed by atoms with E-state index in [0.717, 1.165) is 0 Å². The van der Waals surface area contributed by atoms with E-state index in [-0.39, 0.29) is 5.56 Å². The summed E-state index contributed by atoms with van der Waals surface area (Å²) >= 11 is 3.22. The van der Waals surface area contributed by atoms with Crippen LogP contribution in [0.2, 0.25) is 0 Å². The molecule has 0 fully saturated rings. The maximum absolute atomic E-state index is 10.5. The maximum atomic E-state index is 10.5. The van der Waals surface area contributed by atoms with Crippen LogP contribution in [0.5, 0.6) is 5.75 Å². The van der Waals surface area contributed by atoms with E-state index in [9.17, 15) is 15.0 Å². The summed E-state index contributed by atoms with van der Waals surface area (Å²) in [7, 11) is 1.45. The molecule has 0 heterocycles. The van der Waals surface area contributed by atoms with Crippen LogP contribution in [-0.4, -0.2) is 34.5 Å². The van der Waals surface area contributed by atoms with E-state index in [0.29, 0.717) is 10.2 Å². The SMILES string of the molecule is COc1cc(C(O)C(O)C(=O)O)ccc1Br. The minimum absolute atomic E-state index is 0.273. The number of hydrogen-bond donors (Lipinski definition) is 3. The normalized spacial score (nSPS) is 14.2. The Morgan fingerprint density at radius 3 is 2.56 bits per heavy atom. The molecule has 0 bridgehead atoms. The molecule has 2 atom stereocenters. The number of rotatable bonds is 4. The number of aliphatic carboxylic acids is 1. The van der Waals surface area contributed by atoms with E-state index in [1.54, 1.807) is 6.07 Å². The van der Waals surface area contributed by atoms with Crippen molar-refractivity contribution >= 4 is 21.9 Å². The fourth-order valence-corrected chi connectivity index (χ4v) is 1.59. The van der Waals surface area contributed by atoms with Crippen LogP contribution in [0.1, 0.15) is 11.7 Å². The maximum Gasteiger partial charge on any atom is 0.335 e. The predicted molar refractivity (Wildman–Crippen MR) is 59.3 cm³/mol. The summed E-state index contributed by atoms with van der Waals surface area (Å²) in [6.07, 6.45) is -3.34. The number of ether oxygens (including phenoxy) is 1. The first-order valence-corrected chi connectivity index (χ1v) is 5.19. The van der Waals surface area contributed by atoms with Crippen LogP contribution in [0, 0.1) is 0 Å². The number of benzene rings is 1. The van der Waals surface area contributed by atoms with Crippen LogP contribution in [0.25, 0.3) is 0 Å². The molecule has 0 spiro atoms. The molecule has 1 aromatic rings. The second-order valence-corrected chi connectivity index (χ2v) is 3.98. The molecule has 88 valence electrons. The molecular weight excluding hydrogens is 280 g/mol. The second-order valence-electron chi connectivity index (χ2n) is 3.12. The number of carboxylic acid groups (broad SMARTS) is 1. The third-order valence-electron chi connectivity index (χ3n) is 2.07. The van der Waals surface area contributed by atoms with Crippen molar-refractivity contribution in [2.75, 3.05) is 7.11 Å². The van der Waals surface area contributed by atoms with E-state index in [2.05, 4.69) is 15.9 Å². The van der Waals surface area contributed by atoms with Crippen molar-refractivity contribution < 1.29 is 24.9 Å². The van der Waals surface area contributed by atoms with Crippen molar-refractivity contribution in [3.05, 3.63) is 28.2 Å². The van der Waals surface area contributed by atoms with Gasteiger partial charge in [-0.15, -0.1) is 0 Å². The highest BCUT2D eigenvalue weighted by molar-refractivity contribution is 9.10. The van der Waals surface area contributed by atoms with Crippen LogP contribution in [0.15, 0.2) is 22.7 Å². The summed E-state index contributed by atoms with van der Waals surface area (Å²) in [5.74, 6) is -1.02. The quantitative estimate of drug-likeness (QED) is 0.768. The van der Waals surface area contributed by atoms with E-state index in [4.69, 9.17) is 9.84 Å².